The number of nitrogens with zero attached hydrogens (tertiary/aromatic N) is 1. The lowest BCUT2D eigenvalue weighted by Crippen LogP contribution is -2.62. The zero-order chi connectivity index (χ0) is 14.4. The van der Waals surface area contributed by atoms with Gasteiger partial charge in [-0.1, -0.05) is 53.9 Å². The maximum Gasteiger partial charge on any atom is 0.0249 e. The predicted octanol–water partition coefficient (Wildman–Crippen LogP) is 3.91. The third kappa shape index (κ3) is 4.46. The minimum absolute atomic E-state index is 0.685. The van der Waals surface area contributed by atoms with Crippen molar-refractivity contribution in [1.29, 1.82) is 0 Å². The zero-order valence-corrected chi connectivity index (χ0v) is 14.1. The van der Waals surface area contributed by atoms with Gasteiger partial charge in [-0.25, -0.2) is 0 Å². The first-order chi connectivity index (χ1) is 9.04. The van der Waals surface area contributed by atoms with Gasteiger partial charge in [-0.15, -0.1) is 0 Å². The molecule has 1 rings (SSSR count). The summed E-state index contributed by atoms with van der Waals surface area (Å²) < 4.78 is 0. The number of rotatable bonds is 7. The third-order valence-electron chi connectivity index (χ3n) is 5.33. The van der Waals surface area contributed by atoms with Crippen LogP contribution in [0.5, 0.6) is 0 Å². The number of hydrogen-bond donors (Lipinski definition) is 1. The van der Waals surface area contributed by atoms with Crippen LogP contribution in [-0.4, -0.2) is 36.1 Å². The van der Waals surface area contributed by atoms with Gasteiger partial charge in [0.05, 0.1) is 0 Å². The van der Waals surface area contributed by atoms with Crippen LogP contribution in [0, 0.1) is 11.8 Å². The molecule has 0 aromatic carbocycles. The fourth-order valence-electron chi connectivity index (χ4n) is 3.37. The van der Waals surface area contributed by atoms with Gasteiger partial charge >= 0.3 is 0 Å². The van der Waals surface area contributed by atoms with Crippen molar-refractivity contribution in [3.63, 3.8) is 0 Å². The molecule has 0 saturated carbocycles. The molecule has 1 N–H and O–H groups in total. The fourth-order valence-corrected chi connectivity index (χ4v) is 3.37. The van der Waals surface area contributed by atoms with Crippen molar-refractivity contribution in [2.75, 3.05) is 13.1 Å². The molecule has 1 saturated heterocycles. The van der Waals surface area contributed by atoms with Crippen LogP contribution in [0.4, 0.5) is 0 Å². The fraction of sp³-hybridized carbons (Fsp3) is 1.00. The van der Waals surface area contributed by atoms with Gasteiger partial charge < -0.3 is 5.32 Å². The van der Waals surface area contributed by atoms with E-state index in [2.05, 4.69) is 51.8 Å². The summed E-state index contributed by atoms with van der Waals surface area (Å²) in [4.78, 5) is 2.81. The van der Waals surface area contributed by atoms with E-state index in [9.17, 15) is 0 Å². The van der Waals surface area contributed by atoms with E-state index in [1.54, 1.807) is 0 Å². The third-order valence-corrected chi connectivity index (χ3v) is 5.33. The summed E-state index contributed by atoms with van der Waals surface area (Å²) in [7, 11) is 0. The SMILES string of the molecule is CCCC(C)N1CC(C(C)CC)NCC1C(C)CC. The minimum Gasteiger partial charge on any atom is -0.311 e. The second kappa shape index (κ2) is 8.26. The van der Waals surface area contributed by atoms with E-state index >= 15 is 0 Å². The molecule has 114 valence electrons. The van der Waals surface area contributed by atoms with E-state index in [0.717, 1.165) is 23.9 Å². The lowest BCUT2D eigenvalue weighted by molar-refractivity contribution is 0.0410. The standard InChI is InChI=1S/C17H36N2/c1-7-10-15(6)19-12-16(13(4)8-2)18-11-17(19)14(5)9-3/h13-18H,7-12H2,1-6H3. The van der Waals surface area contributed by atoms with Crippen LogP contribution in [0.1, 0.15) is 67.2 Å². The molecular formula is C17H36N2. The van der Waals surface area contributed by atoms with Crippen LogP contribution in [0.3, 0.4) is 0 Å². The molecule has 2 nitrogen and oxygen atoms in total. The van der Waals surface area contributed by atoms with E-state index in [-0.39, 0.29) is 0 Å². The van der Waals surface area contributed by atoms with Crippen molar-refractivity contribution >= 4 is 0 Å². The molecular weight excluding hydrogens is 232 g/mol. The Labute approximate surface area is 121 Å². The molecule has 1 aliphatic rings. The first kappa shape index (κ1) is 17.0. The van der Waals surface area contributed by atoms with Gasteiger partial charge in [0, 0.05) is 31.2 Å². The second-order valence-corrected chi connectivity index (χ2v) is 6.69. The van der Waals surface area contributed by atoms with Crippen LogP contribution in [0.15, 0.2) is 0 Å². The van der Waals surface area contributed by atoms with Crippen LogP contribution in [-0.2, 0) is 0 Å². The Hall–Kier alpha value is -0.0800. The Kier molecular flexibility index (Phi) is 7.38. The Morgan fingerprint density at radius 2 is 1.68 bits per heavy atom. The van der Waals surface area contributed by atoms with Crippen molar-refractivity contribution in [3.05, 3.63) is 0 Å². The molecule has 19 heavy (non-hydrogen) atoms. The molecule has 5 unspecified atom stereocenters. The molecule has 0 radical (unpaired) electrons. The van der Waals surface area contributed by atoms with Gasteiger partial charge in [-0.05, 0) is 25.2 Å². The molecule has 0 amide bonds. The predicted molar refractivity (Wildman–Crippen MR) is 85.6 cm³/mol. The van der Waals surface area contributed by atoms with Crippen molar-refractivity contribution in [2.45, 2.75) is 85.4 Å². The molecule has 0 aliphatic carbocycles. The lowest BCUT2D eigenvalue weighted by Gasteiger charge is -2.47. The topological polar surface area (TPSA) is 15.3 Å². The molecule has 1 heterocycles. The molecule has 1 fully saturated rings. The largest absolute Gasteiger partial charge is 0.311 e. The van der Waals surface area contributed by atoms with Crippen molar-refractivity contribution in [3.8, 4) is 0 Å². The van der Waals surface area contributed by atoms with Gasteiger partial charge in [0.25, 0.3) is 0 Å². The number of hydrogen-bond acceptors (Lipinski definition) is 2. The summed E-state index contributed by atoms with van der Waals surface area (Å²) in [5.41, 5.74) is 0. The quantitative estimate of drug-likeness (QED) is 0.753. The zero-order valence-electron chi connectivity index (χ0n) is 14.1. The highest BCUT2D eigenvalue weighted by Gasteiger charge is 2.34. The first-order valence-corrected chi connectivity index (χ1v) is 8.54. The minimum atomic E-state index is 0.685. The van der Waals surface area contributed by atoms with E-state index in [0.29, 0.717) is 6.04 Å². The van der Waals surface area contributed by atoms with Gasteiger partial charge in [-0.3, -0.25) is 4.90 Å². The first-order valence-electron chi connectivity index (χ1n) is 8.54. The van der Waals surface area contributed by atoms with E-state index < -0.39 is 0 Å². The van der Waals surface area contributed by atoms with Crippen LogP contribution >= 0.6 is 0 Å². The summed E-state index contributed by atoms with van der Waals surface area (Å²) >= 11 is 0. The average Bonchev–Trinajstić information content (AvgIpc) is 2.45. The molecule has 0 spiro atoms. The van der Waals surface area contributed by atoms with Crippen LogP contribution < -0.4 is 5.32 Å². The van der Waals surface area contributed by atoms with Gasteiger partial charge in [0.2, 0.25) is 0 Å². The van der Waals surface area contributed by atoms with Crippen LogP contribution in [0.25, 0.3) is 0 Å². The average molecular weight is 268 g/mol. The van der Waals surface area contributed by atoms with Gasteiger partial charge in [0.1, 0.15) is 0 Å². The highest BCUT2D eigenvalue weighted by atomic mass is 15.3. The molecule has 0 aromatic heterocycles. The smallest absolute Gasteiger partial charge is 0.0249 e. The number of nitrogens with one attached hydrogen (secondary N) is 1. The van der Waals surface area contributed by atoms with E-state index in [1.165, 1.54) is 38.8 Å². The Morgan fingerprint density at radius 1 is 1.05 bits per heavy atom. The van der Waals surface area contributed by atoms with Crippen LogP contribution in [0.2, 0.25) is 0 Å². The Balaban J connectivity index is 2.73. The lowest BCUT2D eigenvalue weighted by atomic mass is 9.89. The maximum absolute atomic E-state index is 3.82. The summed E-state index contributed by atoms with van der Waals surface area (Å²) in [5, 5.41) is 3.82. The Bertz CT molecular complexity index is 241. The second-order valence-electron chi connectivity index (χ2n) is 6.69. The molecule has 0 aromatic rings. The highest BCUT2D eigenvalue weighted by molar-refractivity contribution is 4.92. The van der Waals surface area contributed by atoms with E-state index in [4.69, 9.17) is 0 Å². The Morgan fingerprint density at radius 3 is 2.21 bits per heavy atom. The van der Waals surface area contributed by atoms with E-state index in [1.807, 2.05) is 0 Å². The monoisotopic (exact) mass is 268 g/mol. The van der Waals surface area contributed by atoms with Gasteiger partial charge in [-0.2, -0.15) is 0 Å². The maximum atomic E-state index is 3.82. The normalized spacial score (nSPS) is 30.0. The number of piperazine rings is 1. The summed E-state index contributed by atoms with van der Waals surface area (Å²) in [6, 6.07) is 2.15. The summed E-state index contributed by atoms with van der Waals surface area (Å²) in [6.45, 7) is 16.6. The van der Waals surface area contributed by atoms with Crippen molar-refractivity contribution in [1.82, 2.24) is 10.2 Å². The highest BCUT2D eigenvalue weighted by Crippen LogP contribution is 2.25. The molecule has 0 bridgehead atoms. The summed E-state index contributed by atoms with van der Waals surface area (Å²) in [6.07, 6.45) is 5.20. The molecule has 5 atom stereocenters. The molecule has 2 heteroatoms. The summed E-state index contributed by atoms with van der Waals surface area (Å²) in [5.74, 6) is 1.58. The molecule has 1 aliphatic heterocycles. The van der Waals surface area contributed by atoms with Crippen molar-refractivity contribution < 1.29 is 0 Å². The van der Waals surface area contributed by atoms with Gasteiger partial charge in [0.15, 0.2) is 0 Å². The van der Waals surface area contributed by atoms with Crippen molar-refractivity contribution in [2.24, 2.45) is 11.8 Å².